The van der Waals surface area contributed by atoms with Crippen LogP contribution in [0.1, 0.15) is 34.6 Å². The normalized spacial score (nSPS) is 16.2. The van der Waals surface area contributed by atoms with Crippen LogP contribution < -0.4 is 10.2 Å². The molecule has 0 bridgehead atoms. The Labute approximate surface area is 190 Å². The molecule has 168 valence electrons. The van der Waals surface area contributed by atoms with Gasteiger partial charge in [-0.2, -0.15) is 0 Å². The number of carbonyl (C=O) groups is 1. The molecule has 2 aromatic carbocycles. The fourth-order valence-electron chi connectivity index (χ4n) is 4.38. The summed E-state index contributed by atoms with van der Waals surface area (Å²) >= 11 is 0. The van der Waals surface area contributed by atoms with Crippen molar-refractivity contribution in [3.63, 3.8) is 0 Å². The van der Waals surface area contributed by atoms with Crippen molar-refractivity contribution >= 4 is 22.5 Å². The summed E-state index contributed by atoms with van der Waals surface area (Å²) in [7, 11) is 0. The number of aromatic nitrogens is 5. The zero-order valence-corrected chi connectivity index (χ0v) is 18.5. The number of rotatable bonds is 4. The summed E-state index contributed by atoms with van der Waals surface area (Å²) in [6.07, 6.45) is 3.44. The van der Waals surface area contributed by atoms with Crippen LogP contribution in [-0.4, -0.2) is 50.2 Å². The minimum Gasteiger partial charge on any atom is -0.315 e. The first kappa shape index (κ1) is 21.1. The lowest BCUT2D eigenvalue weighted by Crippen LogP contribution is -2.49. The molecule has 4 aromatic rings. The van der Waals surface area contributed by atoms with Gasteiger partial charge in [0.1, 0.15) is 11.6 Å². The van der Waals surface area contributed by atoms with Crippen LogP contribution in [0, 0.1) is 19.7 Å². The molecule has 1 fully saturated rings. The summed E-state index contributed by atoms with van der Waals surface area (Å²) in [6.45, 7) is 5.22. The first-order chi connectivity index (χ1) is 16.0. The predicted octanol–water partition coefficient (Wildman–Crippen LogP) is 3.37. The van der Waals surface area contributed by atoms with Gasteiger partial charge in [0.15, 0.2) is 5.82 Å². The summed E-state index contributed by atoms with van der Waals surface area (Å²) < 4.78 is 15.3. The fraction of sp³-hybridized carbons (Fsp3) is 0.292. The molecule has 9 heteroatoms. The van der Waals surface area contributed by atoms with Crippen LogP contribution in [0.2, 0.25) is 0 Å². The number of hydrogen-bond acceptors (Lipinski definition) is 6. The third kappa shape index (κ3) is 3.95. The van der Waals surface area contributed by atoms with Crippen LogP contribution in [0.3, 0.4) is 0 Å². The van der Waals surface area contributed by atoms with E-state index in [1.54, 1.807) is 24.1 Å². The number of nitrogens with one attached hydrogen (secondary N) is 1. The molecule has 0 aliphatic carbocycles. The average molecular weight is 446 g/mol. The second kappa shape index (κ2) is 8.67. The molecule has 1 aliphatic heterocycles. The van der Waals surface area contributed by atoms with Crippen molar-refractivity contribution in [1.82, 2.24) is 30.5 Å². The van der Waals surface area contributed by atoms with Gasteiger partial charge in [-0.25, -0.2) is 9.37 Å². The molecule has 1 amide bonds. The maximum absolute atomic E-state index is 15.3. The van der Waals surface area contributed by atoms with Crippen molar-refractivity contribution in [2.45, 2.75) is 32.7 Å². The van der Waals surface area contributed by atoms with Gasteiger partial charge in [0.25, 0.3) is 5.91 Å². The van der Waals surface area contributed by atoms with Gasteiger partial charge in [0.05, 0.1) is 17.3 Å². The molecule has 8 nitrogen and oxygen atoms in total. The largest absolute Gasteiger partial charge is 0.315 e. The Kier molecular flexibility index (Phi) is 5.55. The van der Waals surface area contributed by atoms with Crippen molar-refractivity contribution in [3.8, 4) is 5.69 Å². The van der Waals surface area contributed by atoms with Crippen LogP contribution >= 0.6 is 0 Å². The zero-order valence-electron chi connectivity index (χ0n) is 18.5. The molecule has 1 saturated heterocycles. The molecular weight excluding hydrogens is 421 g/mol. The van der Waals surface area contributed by atoms with E-state index in [1.807, 2.05) is 31.2 Å². The van der Waals surface area contributed by atoms with Crippen LogP contribution in [-0.2, 0) is 0 Å². The highest BCUT2D eigenvalue weighted by Crippen LogP contribution is 2.32. The second-order valence-electron chi connectivity index (χ2n) is 8.27. The van der Waals surface area contributed by atoms with E-state index in [9.17, 15) is 4.79 Å². The van der Waals surface area contributed by atoms with E-state index in [1.165, 1.54) is 16.9 Å². The highest BCUT2D eigenvalue weighted by Gasteiger charge is 2.31. The van der Waals surface area contributed by atoms with Gasteiger partial charge < -0.3 is 5.32 Å². The Morgan fingerprint density at radius 2 is 2.09 bits per heavy atom. The molecule has 1 N–H and O–H groups in total. The Balaban J connectivity index is 1.60. The van der Waals surface area contributed by atoms with Gasteiger partial charge in [0, 0.05) is 24.2 Å². The van der Waals surface area contributed by atoms with Crippen LogP contribution in [0.5, 0.6) is 0 Å². The SMILES string of the molecule is Cc1nnn(-c2ccc(C(=O)N(c3nccc4cccc(C)c34)[C@@H]3CCCNC3)c(F)c2)n1. The lowest BCUT2D eigenvalue weighted by atomic mass is 10.0. The number of fused-ring (bicyclic) bond motifs is 1. The summed E-state index contributed by atoms with van der Waals surface area (Å²) in [5.74, 6) is -0.0257. The fourth-order valence-corrected chi connectivity index (χ4v) is 4.38. The van der Waals surface area contributed by atoms with Gasteiger partial charge in [-0.1, -0.05) is 18.2 Å². The molecule has 2 aromatic heterocycles. The number of tetrazole rings is 1. The lowest BCUT2D eigenvalue weighted by molar-refractivity contribution is 0.0968. The summed E-state index contributed by atoms with van der Waals surface area (Å²) in [6, 6.07) is 12.1. The number of amides is 1. The monoisotopic (exact) mass is 445 g/mol. The Hall–Kier alpha value is -3.72. The van der Waals surface area contributed by atoms with Crippen LogP contribution in [0.15, 0.2) is 48.7 Å². The van der Waals surface area contributed by atoms with E-state index in [-0.39, 0.29) is 11.6 Å². The molecule has 33 heavy (non-hydrogen) atoms. The number of nitrogens with zero attached hydrogens (tertiary/aromatic N) is 6. The smallest absolute Gasteiger partial charge is 0.262 e. The molecule has 0 radical (unpaired) electrons. The number of hydrogen-bond donors (Lipinski definition) is 1. The number of pyridine rings is 1. The molecule has 0 saturated carbocycles. The minimum absolute atomic E-state index is 0.0199. The zero-order chi connectivity index (χ0) is 22.9. The highest BCUT2D eigenvalue weighted by molar-refractivity contribution is 6.11. The molecule has 5 rings (SSSR count). The van der Waals surface area contributed by atoms with Crippen molar-refractivity contribution in [3.05, 3.63) is 71.4 Å². The van der Waals surface area contributed by atoms with Crippen molar-refractivity contribution in [2.24, 2.45) is 0 Å². The van der Waals surface area contributed by atoms with Crippen molar-refractivity contribution in [1.29, 1.82) is 0 Å². The number of anilines is 1. The Morgan fingerprint density at radius 1 is 1.21 bits per heavy atom. The number of aryl methyl sites for hydroxylation is 2. The van der Waals surface area contributed by atoms with Gasteiger partial charge in [0.2, 0.25) is 0 Å². The predicted molar refractivity (Wildman–Crippen MR) is 123 cm³/mol. The lowest BCUT2D eigenvalue weighted by Gasteiger charge is -2.35. The molecule has 0 spiro atoms. The minimum atomic E-state index is -0.641. The molecule has 1 aliphatic rings. The Bertz CT molecular complexity index is 1320. The van der Waals surface area contributed by atoms with Gasteiger partial charge in [-0.3, -0.25) is 9.69 Å². The van der Waals surface area contributed by atoms with Gasteiger partial charge >= 0.3 is 0 Å². The first-order valence-electron chi connectivity index (χ1n) is 11.0. The summed E-state index contributed by atoms with van der Waals surface area (Å²) in [5.41, 5.74) is 1.39. The van der Waals surface area contributed by atoms with E-state index >= 15 is 4.39 Å². The quantitative estimate of drug-likeness (QED) is 0.518. The molecule has 1 atom stereocenters. The number of carbonyl (C=O) groups excluding carboxylic acids is 1. The van der Waals surface area contributed by atoms with Crippen LogP contribution in [0.4, 0.5) is 10.2 Å². The second-order valence-corrected chi connectivity index (χ2v) is 8.27. The van der Waals surface area contributed by atoms with E-state index < -0.39 is 11.7 Å². The van der Waals surface area contributed by atoms with E-state index in [4.69, 9.17) is 0 Å². The first-order valence-corrected chi connectivity index (χ1v) is 11.0. The third-order valence-electron chi connectivity index (χ3n) is 5.99. The Morgan fingerprint density at radius 3 is 2.82 bits per heavy atom. The maximum atomic E-state index is 15.3. The van der Waals surface area contributed by atoms with E-state index in [0.717, 1.165) is 35.7 Å². The molecule has 3 heterocycles. The number of halogens is 1. The summed E-state index contributed by atoms with van der Waals surface area (Å²) in [5, 5.41) is 17.1. The number of benzene rings is 2. The highest BCUT2D eigenvalue weighted by atomic mass is 19.1. The average Bonchev–Trinajstić information content (AvgIpc) is 3.26. The van der Waals surface area contributed by atoms with Gasteiger partial charge in [-0.05, 0) is 67.6 Å². The van der Waals surface area contributed by atoms with Crippen molar-refractivity contribution in [2.75, 3.05) is 18.0 Å². The van der Waals surface area contributed by atoms with E-state index in [2.05, 4.69) is 25.7 Å². The molecule has 0 unspecified atom stereocenters. The third-order valence-corrected chi connectivity index (χ3v) is 5.99. The van der Waals surface area contributed by atoms with Crippen LogP contribution in [0.25, 0.3) is 16.5 Å². The number of piperidine rings is 1. The standard InChI is InChI=1S/C24H24FN7O/c1-15-5-3-6-17-10-12-27-23(22(15)17)31(19-7-4-11-26-14-19)24(33)20-9-8-18(13-21(20)25)32-29-16(2)28-30-32/h3,5-6,8-10,12-13,19,26H,4,7,11,14H2,1-2H3/t19-/m1/s1. The molecular formula is C24H24FN7O. The summed E-state index contributed by atoms with van der Waals surface area (Å²) in [4.78, 5) is 21.4. The maximum Gasteiger partial charge on any atom is 0.262 e. The van der Waals surface area contributed by atoms with E-state index in [0.29, 0.717) is 23.9 Å². The topological polar surface area (TPSA) is 88.8 Å². The van der Waals surface area contributed by atoms with Crippen molar-refractivity contribution < 1.29 is 9.18 Å². The van der Waals surface area contributed by atoms with Gasteiger partial charge in [-0.15, -0.1) is 15.0 Å².